The lowest BCUT2D eigenvalue weighted by Gasteiger charge is -2.12. The largest absolute Gasteiger partial charge is 0.740 e. The number of phenols is 2. The normalized spacial score (nSPS) is 10.9. The minimum atomic E-state index is -3.05. The monoisotopic (exact) mass is 411 g/mol. The summed E-state index contributed by atoms with van der Waals surface area (Å²) in [5.41, 5.74) is -0.828. The van der Waals surface area contributed by atoms with Gasteiger partial charge < -0.3 is 23.4 Å². The third-order valence-electron chi connectivity index (χ3n) is 3.20. The van der Waals surface area contributed by atoms with E-state index < -0.39 is 45.4 Å². The fourth-order valence-electron chi connectivity index (χ4n) is 2.18. The maximum Gasteiger partial charge on any atom is 0.224 e. The summed E-state index contributed by atoms with van der Waals surface area (Å²) >= 11 is -3.05. The average Bonchev–Trinajstić information content (AvgIpc) is 2.68. The Labute approximate surface area is 163 Å². The predicted molar refractivity (Wildman–Crippen MR) is 103 cm³/mol. The molecule has 0 saturated heterocycles. The molecule has 0 spiro atoms. The molecule has 7 nitrogen and oxygen atoms in total. The summed E-state index contributed by atoms with van der Waals surface area (Å²) in [5, 5.41) is 19.2. The third-order valence-corrected chi connectivity index (χ3v) is 3.50. The molecule has 1 atom stereocenters. The SMILES string of the molecule is CC.CC.O=c1cc(-c2ccc(F)cc2)oc2c(OS(=O)[O-])c(O)cc(O)c12. The van der Waals surface area contributed by atoms with E-state index in [1.165, 1.54) is 12.1 Å². The second kappa shape index (κ2) is 10.4. The van der Waals surface area contributed by atoms with E-state index >= 15 is 0 Å². The molecule has 3 rings (SSSR count). The number of rotatable bonds is 3. The van der Waals surface area contributed by atoms with Crippen molar-refractivity contribution in [1.82, 2.24) is 0 Å². The summed E-state index contributed by atoms with van der Waals surface area (Å²) < 4.78 is 44.4. The van der Waals surface area contributed by atoms with E-state index in [0.717, 1.165) is 24.3 Å². The highest BCUT2D eigenvalue weighted by Gasteiger charge is 2.20. The number of aromatic hydroxyl groups is 2. The Balaban J connectivity index is 0.000000921. The number of hydrogen-bond donors (Lipinski definition) is 2. The van der Waals surface area contributed by atoms with Gasteiger partial charge in [-0.05, 0) is 24.3 Å². The van der Waals surface area contributed by atoms with E-state index in [1.807, 2.05) is 27.7 Å². The van der Waals surface area contributed by atoms with E-state index in [9.17, 15) is 28.2 Å². The van der Waals surface area contributed by atoms with Crippen LogP contribution in [0.4, 0.5) is 4.39 Å². The van der Waals surface area contributed by atoms with Gasteiger partial charge >= 0.3 is 0 Å². The lowest BCUT2D eigenvalue weighted by atomic mass is 10.1. The van der Waals surface area contributed by atoms with Crippen LogP contribution in [0.3, 0.4) is 0 Å². The van der Waals surface area contributed by atoms with Crippen LogP contribution in [0, 0.1) is 5.82 Å². The Kier molecular flexibility index (Phi) is 8.62. The van der Waals surface area contributed by atoms with Gasteiger partial charge in [-0.1, -0.05) is 27.7 Å². The van der Waals surface area contributed by atoms with Gasteiger partial charge in [0, 0.05) is 17.7 Å². The Hall–Kier alpha value is -2.91. The smallest absolute Gasteiger partial charge is 0.224 e. The van der Waals surface area contributed by atoms with Crippen LogP contribution in [0.2, 0.25) is 0 Å². The van der Waals surface area contributed by atoms with Gasteiger partial charge in [0.2, 0.25) is 5.75 Å². The standard InChI is InChI=1S/C15H9FO7S.2C2H6/c16-8-3-1-7(2-4-8)12-6-10(18)13-9(17)5-11(19)14(15(13)22-12)23-24(20)21;2*1-2/h1-6,17,19H,(H,20,21);2*1-2H3/p-1. The first-order chi connectivity index (χ1) is 13.4. The second-order valence-electron chi connectivity index (χ2n) is 4.72. The molecule has 0 aliphatic heterocycles. The summed E-state index contributed by atoms with van der Waals surface area (Å²) in [6.07, 6.45) is 0. The first-order valence-electron chi connectivity index (χ1n) is 8.43. The highest BCUT2D eigenvalue weighted by Crippen LogP contribution is 2.40. The summed E-state index contributed by atoms with van der Waals surface area (Å²) in [5.74, 6) is -2.51. The van der Waals surface area contributed by atoms with Crippen LogP contribution in [0.1, 0.15) is 27.7 Å². The van der Waals surface area contributed by atoms with Crippen molar-refractivity contribution >= 4 is 22.3 Å². The Morgan fingerprint density at radius 2 is 1.61 bits per heavy atom. The summed E-state index contributed by atoms with van der Waals surface area (Å²) in [6.45, 7) is 8.00. The molecule has 1 aromatic heterocycles. The van der Waals surface area contributed by atoms with E-state index in [4.69, 9.17) is 4.42 Å². The molecule has 0 aliphatic carbocycles. The van der Waals surface area contributed by atoms with Gasteiger partial charge in [0.25, 0.3) is 0 Å². The maximum atomic E-state index is 13.0. The zero-order chi connectivity index (χ0) is 21.4. The summed E-state index contributed by atoms with van der Waals surface area (Å²) in [6, 6.07) is 6.78. The predicted octanol–water partition coefficient (Wildman–Crippen LogP) is 4.24. The average molecular weight is 411 g/mol. The highest BCUT2D eigenvalue weighted by molar-refractivity contribution is 7.74. The first-order valence-corrected chi connectivity index (χ1v) is 9.43. The molecular weight excluding hydrogens is 391 g/mol. The molecule has 0 amide bonds. The summed E-state index contributed by atoms with van der Waals surface area (Å²) in [4.78, 5) is 12.2. The second-order valence-corrected chi connectivity index (χ2v) is 5.29. The van der Waals surface area contributed by atoms with Crippen molar-refractivity contribution in [2.24, 2.45) is 0 Å². The van der Waals surface area contributed by atoms with Gasteiger partial charge in [0.05, 0.1) is 0 Å². The maximum absolute atomic E-state index is 13.0. The molecule has 0 aliphatic rings. The number of phenolic OH excluding ortho intramolecular Hbond substituents is 2. The first kappa shape index (κ1) is 23.1. The lowest BCUT2D eigenvalue weighted by Crippen LogP contribution is -2.04. The van der Waals surface area contributed by atoms with Crippen LogP contribution < -0.4 is 9.61 Å². The van der Waals surface area contributed by atoms with E-state index in [0.29, 0.717) is 5.56 Å². The molecule has 0 radical (unpaired) electrons. The van der Waals surface area contributed by atoms with E-state index in [2.05, 4.69) is 4.18 Å². The van der Waals surface area contributed by atoms with Crippen molar-refractivity contribution in [1.29, 1.82) is 0 Å². The van der Waals surface area contributed by atoms with Gasteiger partial charge in [-0.15, -0.1) is 0 Å². The van der Waals surface area contributed by atoms with Crippen LogP contribution in [-0.2, 0) is 11.4 Å². The van der Waals surface area contributed by atoms with Crippen molar-refractivity contribution in [3.8, 4) is 28.6 Å². The Bertz CT molecular complexity index is 1010. The number of benzene rings is 2. The number of halogens is 1. The molecule has 0 bridgehead atoms. The zero-order valence-corrected chi connectivity index (χ0v) is 16.5. The van der Waals surface area contributed by atoms with Crippen LogP contribution in [0.5, 0.6) is 17.2 Å². The fourth-order valence-corrected chi connectivity index (χ4v) is 2.48. The van der Waals surface area contributed by atoms with Crippen molar-refractivity contribution in [2.75, 3.05) is 0 Å². The quantitative estimate of drug-likeness (QED) is 0.619. The van der Waals surface area contributed by atoms with Crippen molar-refractivity contribution in [3.63, 3.8) is 0 Å². The van der Waals surface area contributed by atoms with Gasteiger partial charge in [0.15, 0.2) is 16.8 Å². The molecule has 0 fully saturated rings. The van der Waals surface area contributed by atoms with E-state index in [1.54, 1.807) is 0 Å². The van der Waals surface area contributed by atoms with Crippen LogP contribution >= 0.6 is 0 Å². The number of fused-ring (bicyclic) bond motifs is 1. The molecule has 2 N–H and O–H groups in total. The molecular formula is C19H20FO7S-. The molecule has 3 aromatic rings. The Morgan fingerprint density at radius 1 is 1.04 bits per heavy atom. The zero-order valence-electron chi connectivity index (χ0n) is 15.7. The minimum absolute atomic E-state index is 0.0287. The molecule has 152 valence electrons. The van der Waals surface area contributed by atoms with Crippen molar-refractivity contribution < 1.29 is 32.0 Å². The fraction of sp³-hybridized carbons (Fsp3) is 0.211. The molecule has 1 heterocycles. The molecule has 9 heteroatoms. The number of hydrogen-bond acceptors (Lipinski definition) is 7. The van der Waals surface area contributed by atoms with Gasteiger partial charge in [-0.25, -0.2) is 8.60 Å². The third kappa shape index (κ3) is 5.08. The van der Waals surface area contributed by atoms with Gasteiger partial charge in [-0.3, -0.25) is 4.79 Å². The highest BCUT2D eigenvalue weighted by atomic mass is 32.2. The summed E-state index contributed by atoms with van der Waals surface area (Å²) in [7, 11) is 0. The van der Waals surface area contributed by atoms with Crippen LogP contribution in [-0.4, -0.2) is 19.0 Å². The molecule has 0 saturated carbocycles. The molecule has 28 heavy (non-hydrogen) atoms. The van der Waals surface area contributed by atoms with Crippen molar-refractivity contribution in [3.05, 3.63) is 52.4 Å². The van der Waals surface area contributed by atoms with Gasteiger partial charge in [0.1, 0.15) is 34.1 Å². The van der Waals surface area contributed by atoms with Gasteiger partial charge in [-0.2, -0.15) is 0 Å². The van der Waals surface area contributed by atoms with Crippen LogP contribution in [0.15, 0.2) is 45.6 Å². The molecule has 2 aromatic carbocycles. The van der Waals surface area contributed by atoms with Crippen LogP contribution in [0.25, 0.3) is 22.3 Å². The molecule has 1 unspecified atom stereocenters. The minimum Gasteiger partial charge on any atom is -0.740 e. The Morgan fingerprint density at radius 3 is 2.14 bits per heavy atom. The lowest BCUT2D eigenvalue weighted by molar-refractivity contribution is 0.401. The van der Waals surface area contributed by atoms with E-state index in [-0.39, 0.29) is 11.1 Å². The topological polar surface area (TPSA) is 120 Å². The van der Waals surface area contributed by atoms with Crippen molar-refractivity contribution in [2.45, 2.75) is 27.7 Å².